The molecule has 2 N–H and O–H groups in total. The second-order valence-corrected chi connectivity index (χ2v) is 5.68. The van der Waals surface area contributed by atoms with E-state index in [2.05, 4.69) is 5.32 Å². The van der Waals surface area contributed by atoms with Crippen molar-refractivity contribution >= 4 is 23.5 Å². The molecule has 2 rings (SSSR count). The van der Waals surface area contributed by atoms with Crippen molar-refractivity contribution in [3.63, 3.8) is 0 Å². The number of amides is 2. The van der Waals surface area contributed by atoms with Gasteiger partial charge in [-0.2, -0.15) is 0 Å². The molecule has 19 heavy (non-hydrogen) atoms. The van der Waals surface area contributed by atoms with E-state index in [4.69, 9.17) is 0 Å². The van der Waals surface area contributed by atoms with E-state index >= 15 is 0 Å². The van der Waals surface area contributed by atoms with Gasteiger partial charge in [0.05, 0.1) is 6.04 Å². The number of nitrogens with zero attached hydrogens (tertiary/aromatic N) is 1. The molecule has 0 radical (unpaired) electrons. The van der Waals surface area contributed by atoms with Gasteiger partial charge in [0.2, 0.25) is 0 Å². The van der Waals surface area contributed by atoms with Gasteiger partial charge in [0, 0.05) is 10.6 Å². The first kappa shape index (κ1) is 14.2. The predicted molar refractivity (Wildman–Crippen MR) is 77.7 cm³/mol. The minimum absolute atomic E-state index is 0.0440. The fraction of sp³-hybridized carbons (Fsp3) is 0.500. The Hall–Kier alpha value is -1.20. The van der Waals surface area contributed by atoms with Crippen LogP contribution in [0.4, 0.5) is 10.5 Å². The molecule has 1 fully saturated rings. The van der Waals surface area contributed by atoms with Crippen molar-refractivity contribution < 1.29 is 10.0 Å². The summed E-state index contributed by atoms with van der Waals surface area (Å²) in [6, 6.07) is 7.12. The number of thioether (sulfide) groups is 1. The SMILES string of the molecule is CSc1cccc(NC(=O)N(O)C2CCCCC2)c1. The van der Waals surface area contributed by atoms with Crippen molar-refractivity contribution in [2.75, 3.05) is 11.6 Å². The molecular weight excluding hydrogens is 260 g/mol. The summed E-state index contributed by atoms with van der Waals surface area (Å²) in [6.45, 7) is 0. The van der Waals surface area contributed by atoms with Gasteiger partial charge in [0.25, 0.3) is 0 Å². The molecule has 1 aromatic carbocycles. The molecule has 0 bridgehead atoms. The minimum Gasteiger partial charge on any atom is -0.306 e. The first-order chi connectivity index (χ1) is 9.20. The van der Waals surface area contributed by atoms with Gasteiger partial charge in [0.15, 0.2) is 0 Å². The maximum absolute atomic E-state index is 12.0. The molecule has 0 unspecified atom stereocenters. The molecule has 0 spiro atoms. The number of hydrogen-bond acceptors (Lipinski definition) is 3. The van der Waals surface area contributed by atoms with Gasteiger partial charge in [-0.05, 0) is 37.3 Å². The standard InChI is InChI=1S/C14H20N2O2S/c1-19-13-9-5-6-11(10-13)15-14(17)16(18)12-7-3-2-4-8-12/h5-6,9-10,12,18H,2-4,7-8H2,1H3,(H,15,17). The second kappa shape index (κ2) is 6.82. The van der Waals surface area contributed by atoms with Crippen molar-refractivity contribution in [3.8, 4) is 0 Å². The van der Waals surface area contributed by atoms with Crippen molar-refractivity contribution in [3.05, 3.63) is 24.3 Å². The molecule has 0 aliphatic heterocycles. The van der Waals surface area contributed by atoms with Gasteiger partial charge < -0.3 is 5.32 Å². The molecule has 1 aliphatic rings. The van der Waals surface area contributed by atoms with E-state index in [1.807, 2.05) is 30.5 Å². The topological polar surface area (TPSA) is 52.6 Å². The maximum Gasteiger partial charge on any atom is 0.345 e. The maximum atomic E-state index is 12.0. The lowest BCUT2D eigenvalue weighted by Gasteiger charge is -2.29. The van der Waals surface area contributed by atoms with Crippen LogP contribution in [0.15, 0.2) is 29.2 Å². The van der Waals surface area contributed by atoms with Gasteiger partial charge in [-0.25, -0.2) is 9.86 Å². The minimum atomic E-state index is -0.440. The lowest BCUT2D eigenvalue weighted by atomic mass is 9.95. The third-order valence-corrected chi connectivity index (χ3v) is 4.17. The van der Waals surface area contributed by atoms with E-state index in [0.29, 0.717) is 5.69 Å². The van der Waals surface area contributed by atoms with Gasteiger partial charge >= 0.3 is 6.03 Å². The van der Waals surface area contributed by atoms with Crippen LogP contribution in [0.5, 0.6) is 0 Å². The predicted octanol–water partition coefficient (Wildman–Crippen LogP) is 3.96. The molecule has 5 heteroatoms. The van der Waals surface area contributed by atoms with Crippen LogP contribution in [0, 0.1) is 0 Å². The van der Waals surface area contributed by atoms with Crippen molar-refractivity contribution in [2.24, 2.45) is 0 Å². The Bertz CT molecular complexity index is 433. The Labute approximate surface area is 118 Å². The Kier molecular flexibility index (Phi) is 5.10. The third-order valence-electron chi connectivity index (χ3n) is 3.45. The quantitative estimate of drug-likeness (QED) is 0.500. The second-order valence-electron chi connectivity index (χ2n) is 4.80. The van der Waals surface area contributed by atoms with Gasteiger partial charge in [0.1, 0.15) is 0 Å². The van der Waals surface area contributed by atoms with E-state index in [1.165, 1.54) is 6.42 Å². The van der Waals surface area contributed by atoms with Crippen LogP contribution in [0.3, 0.4) is 0 Å². The van der Waals surface area contributed by atoms with Crippen LogP contribution in [0.1, 0.15) is 32.1 Å². The van der Waals surface area contributed by atoms with E-state index in [-0.39, 0.29) is 6.04 Å². The zero-order valence-corrected chi connectivity index (χ0v) is 11.9. The summed E-state index contributed by atoms with van der Waals surface area (Å²) in [5.41, 5.74) is 0.715. The first-order valence-electron chi connectivity index (χ1n) is 6.64. The lowest BCUT2D eigenvalue weighted by Crippen LogP contribution is -2.41. The van der Waals surface area contributed by atoms with Crippen LogP contribution in [-0.4, -0.2) is 28.6 Å². The fourth-order valence-corrected chi connectivity index (χ4v) is 2.83. The number of hydroxylamine groups is 2. The lowest BCUT2D eigenvalue weighted by molar-refractivity contribution is -0.0820. The van der Waals surface area contributed by atoms with Crippen molar-refractivity contribution in [2.45, 2.75) is 43.0 Å². The van der Waals surface area contributed by atoms with Gasteiger partial charge in [-0.1, -0.05) is 25.3 Å². The van der Waals surface area contributed by atoms with Crippen LogP contribution < -0.4 is 5.32 Å². The largest absolute Gasteiger partial charge is 0.345 e. The normalized spacial score (nSPS) is 16.1. The number of nitrogens with one attached hydrogen (secondary N) is 1. The summed E-state index contributed by atoms with van der Waals surface area (Å²) in [6.07, 6.45) is 7.11. The molecule has 104 valence electrons. The van der Waals surface area contributed by atoms with Crippen molar-refractivity contribution in [1.29, 1.82) is 0 Å². The molecular formula is C14H20N2O2S. The third kappa shape index (κ3) is 3.88. The molecule has 1 aromatic rings. The molecule has 1 aliphatic carbocycles. The number of carbonyl (C=O) groups excluding carboxylic acids is 1. The van der Waals surface area contributed by atoms with Gasteiger partial charge in [-0.3, -0.25) is 5.21 Å². The highest BCUT2D eigenvalue weighted by molar-refractivity contribution is 7.98. The average Bonchev–Trinajstić information content (AvgIpc) is 2.47. The molecule has 0 atom stereocenters. The number of urea groups is 1. The number of carbonyl (C=O) groups is 1. The summed E-state index contributed by atoms with van der Waals surface area (Å²) in [4.78, 5) is 13.1. The highest BCUT2D eigenvalue weighted by Gasteiger charge is 2.24. The molecule has 2 amide bonds. The van der Waals surface area contributed by atoms with Crippen molar-refractivity contribution in [1.82, 2.24) is 5.06 Å². The highest BCUT2D eigenvalue weighted by Crippen LogP contribution is 2.23. The number of rotatable bonds is 3. The van der Waals surface area contributed by atoms with Crippen LogP contribution >= 0.6 is 11.8 Å². The Morgan fingerprint density at radius 1 is 1.37 bits per heavy atom. The van der Waals surface area contributed by atoms with E-state index in [9.17, 15) is 10.0 Å². The summed E-state index contributed by atoms with van der Waals surface area (Å²) in [5.74, 6) is 0. The Morgan fingerprint density at radius 3 is 2.79 bits per heavy atom. The number of anilines is 1. The number of benzene rings is 1. The summed E-state index contributed by atoms with van der Waals surface area (Å²) >= 11 is 1.62. The van der Waals surface area contributed by atoms with E-state index < -0.39 is 6.03 Å². The van der Waals surface area contributed by atoms with Crippen LogP contribution in [0.2, 0.25) is 0 Å². The fourth-order valence-electron chi connectivity index (χ4n) is 2.37. The molecule has 0 saturated heterocycles. The number of hydrogen-bond donors (Lipinski definition) is 2. The van der Waals surface area contributed by atoms with E-state index in [1.54, 1.807) is 11.8 Å². The zero-order valence-electron chi connectivity index (χ0n) is 11.1. The molecule has 1 saturated carbocycles. The van der Waals surface area contributed by atoms with E-state index in [0.717, 1.165) is 35.6 Å². The molecule has 0 heterocycles. The summed E-state index contributed by atoms with van der Waals surface area (Å²) < 4.78 is 0. The Morgan fingerprint density at radius 2 is 2.11 bits per heavy atom. The summed E-state index contributed by atoms with van der Waals surface area (Å²) in [7, 11) is 0. The first-order valence-corrected chi connectivity index (χ1v) is 7.86. The zero-order chi connectivity index (χ0) is 13.7. The van der Waals surface area contributed by atoms with Crippen LogP contribution in [0.25, 0.3) is 0 Å². The van der Waals surface area contributed by atoms with Crippen LogP contribution in [-0.2, 0) is 0 Å². The Balaban J connectivity index is 1.95. The average molecular weight is 280 g/mol. The smallest absolute Gasteiger partial charge is 0.306 e. The molecule has 4 nitrogen and oxygen atoms in total. The monoisotopic (exact) mass is 280 g/mol. The molecule has 0 aromatic heterocycles. The highest BCUT2D eigenvalue weighted by atomic mass is 32.2. The summed E-state index contributed by atoms with van der Waals surface area (Å²) in [5, 5.41) is 13.5. The van der Waals surface area contributed by atoms with Gasteiger partial charge in [-0.15, -0.1) is 11.8 Å².